The van der Waals surface area contributed by atoms with Crippen molar-refractivity contribution in [2.75, 3.05) is 17.3 Å². The Morgan fingerprint density at radius 2 is 1.70 bits per heavy atom. The van der Waals surface area contributed by atoms with Crippen molar-refractivity contribution in [3.8, 4) is 0 Å². The SMILES string of the molecule is O=CCNC(=O)c1cccc(NC(=O)NNc2ccccc2)c1. The predicted molar refractivity (Wildman–Crippen MR) is 87.1 cm³/mol. The number of nitrogens with one attached hydrogen (secondary N) is 4. The van der Waals surface area contributed by atoms with Crippen molar-refractivity contribution in [2.24, 2.45) is 0 Å². The van der Waals surface area contributed by atoms with Gasteiger partial charge >= 0.3 is 6.03 Å². The molecule has 0 unspecified atom stereocenters. The predicted octanol–water partition coefficient (Wildman–Crippen LogP) is 1.76. The molecule has 0 aliphatic rings. The normalized spacial score (nSPS) is 9.57. The molecule has 0 radical (unpaired) electrons. The highest BCUT2D eigenvalue weighted by molar-refractivity contribution is 5.97. The number of anilines is 2. The van der Waals surface area contributed by atoms with E-state index in [-0.39, 0.29) is 12.5 Å². The van der Waals surface area contributed by atoms with Gasteiger partial charge in [-0.1, -0.05) is 24.3 Å². The Hall–Kier alpha value is -3.35. The largest absolute Gasteiger partial charge is 0.345 e. The lowest BCUT2D eigenvalue weighted by Crippen LogP contribution is -2.33. The molecule has 118 valence electrons. The molecule has 0 aliphatic heterocycles. The number of benzene rings is 2. The zero-order valence-corrected chi connectivity index (χ0v) is 12.2. The molecular formula is C16H16N4O3. The van der Waals surface area contributed by atoms with Crippen LogP contribution in [-0.2, 0) is 4.79 Å². The average molecular weight is 312 g/mol. The molecule has 0 fully saturated rings. The van der Waals surface area contributed by atoms with E-state index in [1.165, 1.54) is 6.07 Å². The lowest BCUT2D eigenvalue weighted by molar-refractivity contribution is -0.107. The van der Waals surface area contributed by atoms with Crippen molar-refractivity contribution >= 4 is 29.6 Å². The van der Waals surface area contributed by atoms with Crippen LogP contribution in [0.5, 0.6) is 0 Å². The summed E-state index contributed by atoms with van der Waals surface area (Å²) in [5, 5.41) is 5.03. The maximum Gasteiger partial charge on any atom is 0.337 e. The fraction of sp³-hybridized carbons (Fsp3) is 0.0625. The second-order valence-electron chi connectivity index (χ2n) is 4.53. The Labute approximate surface area is 133 Å². The molecule has 2 aromatic rings. The number of hydrazine groups is 1. The van der Waals surface area contributed by atoms with E-state index in [1.807, 2.05) is 18.2 Å². The summed E-state index contributed by atoms with van der Waals surface area (Å²) in [6.45, 7) is -0.0576. The van der Waals surface area contributed by atoms with Gasteiger partial charge in [-0.25, -0.2) is 4.79 Å². The van der Waals surface area contributed by atoms with E-state index >= 15 is 0 Å². The molecule has 0 bridgehead atoms. The first-order chi connectivity index (χ1) is 11.2. The van der Waals surface area contributed by atoms with Gasteiger partial charge < -0.3 is 15.4 Å². The van der Waals surface area contributed by atoms with Crippen LogP contribution in [0.1, 0.15) is 10.4 Å². The number of rotatable bonds is 6. The van der Waals surface area contributed by atoms with Gasteiger partial charge in [0, 0.05) is 11.3 Å². The maximum absolute atomic E-state index is 11.8. The summed E-state index contributed by atoms with van der Waals surface area (Å²) in [5.41, 5.74) is 6.78. The highest BCUT2D eigenvalue weighted by Gasteiger charge is 2.07. The highest BCUT2D eigenvalue weighted by Crippen LogP contribution is 2.10. The lowest BCUT2D eigenvalue weighted by atomic mass is 10.2. The number of urea groups is 1. The van der Waals surface area contributed by atoms with Gasteiger partial charge in [0.2, 0.25) is 0 Å². The molecule has 23 heavy (non-hydrogen) atoms. The smallest absolute Gasteiger partial charge is 0.337 e. The van der Waals surface area contributed by atoms with Crippen LogP contribution < -0.4 is 21.5 Å². The van der Waals surface area contributed by atoms with E-state index in [2.05, 4.69) is 21.5 Å². The van der Waals surface area contributed by atoms with Gasteiger partial charge in [-0.2, -0.15) is 0 Å². The van der Waals surface area contributed by atoms with Gasteiger partial charge in [0.1, 0.15) is 6.29 Å². The van der Waals surface area contributed by atoms with Gasteiger partial charge in [0.25, 0.3) is 5.91 Å². The van der Waals surface area contributed by atoms with Gasteiger partial charge in [0.05, 0.1) is 12.2 Å². The maximum atomic E-state index is 11.8. The number of amides is 3. The average Bonchev–Trinajstić information content (AvgIpc) is 2.59. The summed E-state index contributed by atoms with van der Waals surface area (Å²) >= 11 is 0. The number of carbonyl (C=O) groups is 3. The van der Waals surface area contributed by atoms with Crippen molar-refractivity contribution in [1.29, 1.82) is 0 Å². The Bertz CT molecular complexity index is 689. The van der Waals surface area contributed by atoms with Crippen LogP contribution in [0.3, 0.4) is 0 Å². The third-order valence-corrected chi connectivity index (χ3v) is 2.82. The van der Waals surface area contributed by atoms with E-state index in [4.69, 9.17) is 0 Å². The summed E-state index contributed by atoms with van der Waals surface area (Å²) in [6.07, 6.45) is 0.600. The molecule has 2 rings (SSSR count). The molecule has 0 atom stereocenters. The minimum atomic E-state index is -0.473. The Balaban J connectivity index is 1.90. The third-order valence-electron chi connectivity index (χ3n) is 2.82. The molecule has 4 N–H and O–H groups in total. The van der Waals surface area contributed by atoms with Crippen molar-refractivity contribution in [1.82, 2.24) is 10.7 Å². The molecule has 0 spiro atoms. The van der Waals surface area contributed by atoms with Crippen LogP contribution in [0.15, 0.2) is 54.6 Å². The van der Waals surface area contributed by atoms with Crippen molar-refractivity contribution in [3.05, 3.63) is 60.2 Å². The molecule has 2 aromatic carbocycles. The summed E-state index contributed by atoms with van der Waals surface area (Å²) in [5.74, 6) is -0.386. The Morgan fingerprint density at radius 1 is 0.957 bits per heavy atom. The van der Waals surface area contributed by atoms with Crippen LogP contribution in [0.25, 0.3) is 0 Å². The quantitative estimate of drug-likeness (QED) is 0.482. The van der Waals surface area contributed by atoms with E-state index in [0.717, 1.165) is 5.69 Å². The fourth-order valence-electron chi connectivity index (χ4n) is 1.79. The van der Waals surface area contributed by atoms with Gasteiger partial charge in [-0.15, -0.1) is 0 Å². The second-order valence-corrected chi connectivity index (χ2v) is 4.53. The molecular weight excluding hydrogens is 296 g/mol. The van der Waals surface area contributed by atoms with Crippen LogP contribution in [-0.4, -0.2) is 24.8 Å². The molecule has 0 heterocycles. The lowest BCUT2D eigenvalue weighted by Gasteiger charge is -2.10. The number of hydrogen-bond acceptors (Lipinski definition) is 4. The molecule has 0 saturated carbocycles. The number of carbonyl (C=O) groups excluding carboxylic acids is 3. The third kappa shape index (κ3) is 5.16. The first-order valence-corrected chi connectivity index (χ1v) is 6.89. The first kappa shape index (κ1) is 16.0. The summed E-state index contributed by atoms with van der Waals surface area (Å²) in [7, 11) is 0. The first-order valence-electron chi connectivity index (χ1n) is 6.89. The minimum absolute atomic E-state index is 0.0576. The van der Waals surface area contributed by atoms with Crippen LogP contribution in [0.4, 0.5) is 16.2 Å². The highest BCUT2D eigenvalue weighted by atomic mass is 16.2. The fourth-order valence-corrected chi connectivity index (χ4v) is 1.79. The van der Waals surface area contributed by atoms with Crippen molar-refractivity contribution in [2.45, 2.75) is 0 Å². The van der Waals surface area contributed by atoms with Crippen molar-refractivity contribution < 1.29 is 14.4 Å². The minimum Gasteiger partial charge on any atom is -0.345 e. The van der Waals surface area contributed by atoms with E-state index in [9.17, 15) is 14.4 Å². The second kappa shape index (κ2) is 8.18. The van der Waals surface area contributed by atoms with E-state index in [1.54, 1.807) is 30.3 Å². The van der Waals surface area contributed by atoms with E-state index < -0.39 is 6.03 Å². The zero-order valence-electron chi connectivity index (χ0n) is 12.2. The number of hydrogen-bond donors (Lipinski definition) is 4. The molecule has 0 aliphatic carbocycles. The van der Waals surface area contributed by atoms with E-state index in [0.29, 0.717) is 17.5 Å². The van der Waals surface area contributed by atoms with Gasteiger partial charge in [-0.3, -0.25) is 15.6 Å². The molecule has 7 nitrogen and oxygen atoms in total. The summed E-state index contributed by atoms with van der Waals surface area (Å²) < 4.78 is 0. The molecule has 0 saturated heterocycles. The topological polar surface area (TPSA) is 99.3 Å². The van der Waals surface area contributed by atoms with Crippen LogP contribution in [0, 0.1) is 0 Å². The molecule has 3 amide bonds. The number of aldehydes is 1. The standard InChI is InChI=1S/C16H16N4O3/c21-10-9-17-15(22)12-5-4-8-14(11-12)18-16(23)20-19-13-6-2-1-3-7-13/h1-8,10-11,19H,9H2,(H,17,22)(H2,18,20,23). The monoisotopic (exact) mass is 312 g/mol. The molecule has 7 heteroatoms. The van der Waals surface area contributed by atoms with Crippen LogP contribution >= 0.6 is 0 Å². The summed E-state index contributed by atoms with van der Waals surface area (Å²) in [4.78, 5) is 33.8. The number of para-hydroxylation sites is 1. The Morgan fingerprint density at radius 3 is 2.43 bits per heavy atom. The van der Waals surface area contributed by atoms with Gasteiger partial charge in [-0.05, 0) is 30.3 Å². The Kier molecular flexibility index (Phi) is 5.70. The zero-order chi connectivity index (χ0) is 16.5. The summed E-state index contributed by atoms with van der Waals surface area (Å²) in [6, 6.07) is 15.1. The van der Waals surface area contributed by atoms with Crippen molar-refractivity contribution in [3.63, 3.8) is 0 Å². The molecule has 0 aromatic heterocycles. The van der Waals surface area contributed by atoms with Crippen LogP contribution in [0.2, 0.25) is 0 Å². The van der Waals surface area contributed by atoms with Gasteiger partial charge in [0.15, 0.2) is 0 Å².